The third kappa shape index (κ3) is 2.65. The Morgan fingerprint density at radius 1 is 1.31 bits per heavy atom. The van der Waals surface area contributed by atoms with Crippen LogP contribution in [0.25, 0.3) is 0 Å². The lowest BCUT2D eigenvalue weighted by molar-refractivity contribution is -0.00279. The minimum Gasteiger partial charge on any atom is -0.385 e. The summed E-state index contributed by atoms with van der Waals surface area (Å²) in [6, 6.07) is 6.30. The molecular formula is C15H24O. The van der Waals surface area contributed by atoms with Gasteiger partial charge >= 0.3 is 0 Å². The zero-order chi connectivity index (χ0) is 12.3. The Morgan fingerprint density at radius 3 is 2.50 bits per heavy atom. The zero-order valence-corrected chi connectivity index (χ0v) is 11.2. The second-order valence-corrected chi connectivity index (χ2v) is 5.16. The van der Waals surface area contributed by atoms with Crippen LogP contribution in [0, 0.1) is 19.8 Å². The molecule has 1 aromatic carbocycles. The van der Waals surface area contributed by atoms with Gasteiger partial charge < -0.3 is 5.11 Å². The maximum absolute atomic E-state index is 10.7. The molecule has 2 atom stereocenters. The fourth-order valence-electron chi connectivity index (χ4n) is 2.26. The van der Waals surface area contributed by atoms with Crippen LogP contribution < -0.4 is 0 Å². The Hall–Kier alpha value is -0.820. The smallest absolute Gasteiger partial charge is 0.0896 e. The highest BCUT2D eigenvalue weighted by molar-refractivity contribution is 5.35. The standard InChI is InChI=1S/C15H24O/c1-6-7-13(4)15(5,16)14-10-11(2)8-9-12(14)3/h8-10,13,16H,6-7H2,1-5H3. The quantitative estimate of drug-likeness (QED) is 0.814. The Kier molecular flexibility index (Phi) is 4.15. The molecule has 0 spiro atoms. The Morgan fingerprint density at radius 2 is 1.94 bits per heavy atom. The maximum atomic E-state index is 10.7. The van der Waals surface area contributed by atoms with Crippen LogP contribution in [-0.4, -0.2) is 5.11 Å². The Bertz CT molecular complexity index is 352. The molecule has 1 N–H and O–H groups in total. The van der Waals surface area contributed by atoms with E-state index < -0.39 is 5.60 Å². The normalized spacial score (nSPS) is 16.9. The van der Waals surface area contributed by atoms with Crippen molar-refractivity contribution >= 4 is 0 Å². The van der Waals surface area contributed by atoms with E-state index in [4.69, 9.17) is 0 Å². The van der Waals surface area contributed by atoms with Gasteiger partial charge in [0.05, 0.1) is 5.60 Å². The molecule has 0 heterocycles. The van der Waals surface area contributed by atoms with E-state index in [2.05, 4.69) is 45.9 Å². The van der Waals surface area contributed by atoms with E-state index in [1.165, 1.54) is 11.1 Å². The summed E-state index contributed by atoms with van der Waals surface area (Å²) in [6.45, 7) is 10.4. The number of rotatable bonds is 4. The first-order valence-electron chi connectivity index (χ1n) is 6.19. The molecule has 1 aromatic rings. The highest BCUT2D eigenvalue weighted by Gasteiger charge is 2.30. The van der Waals surface area contributed by atoms with Crippen LogP contribution in [0.2, 0.25) is 0 Å². The first-order valence-corrected chi connectivity index (χ1v) is 6.19. The van der Waals surface area contributed by atoms with Crippen molar-refractivity contribution in [2.24, 2.45) is 5.92 Å². The number of hydrogen-bond acceptors (Lipinski definition) is 1. The molecule has 0 saturated heterocycles. The van der Waals surface area contributed by atoms with E-state index in [1.807, 2.05) is 6.92 Å². The first-order chi connectivity index (χ1) is 7.39. The Labute approximate surface area is 99.5 Å². The molecule has 1 nitrogen and oxygen atoms in total. The van der Waals surface area contributed by atoms with Gasteiger partial charge in [0.25, 0.3) is 0 Å². The van der Waals surface area contributed by atoms with Gasteiger partial charge in [-0.1, -0.05) is 44.0 Å². The van der Waals surface area contributed by atoms with Crippen molar-refractivity contribution < 1.29 is 5.11 Å². The number of aryl methyl sites for hydroxylation is 2. The molecule has 1 heteroatoms. The minimum absolute atomic E-state index is 0.290. The summed E-state index contributed by atoms with van der Waals surface area (Å²) < 4.78 is 0. The molecule has 1 rings (SSSR count). The van der Waals surface area contributed by atoms with E-state index in [1.54, 1.807) is 0 Å². The van der Waals surface area contributed by atoms with Crippen molar-refractivity contribution in [3.8, 4) is 0 Å². The predicted octanol–water partition coefficient (Wildman–Crippen LogP) is 3.95. The summed E-state index contributed by atoms with van der Waals surface area (Å²) in [4.78, 5) is 0. The topological polar surface area (TPSA) is 20.2 Å². The molecule has 90 valence electrons. The number of benzene rings is 1. The minimum atomic E-state index is -0.716. The molecule has 0 saturated carbocycles. The van der Waals surface area contributed by atoms with Gasteiger partial charge in [-0.2, -0.15) is 0 Å². The monoisotopic (exact) mass is 220 g/mol. The predicted molar refractivity (Wildman–Crippen MR) is 69.6 cm³/mol. The second kappa shape index (κ2) is 5.01. The van der Waals surface area contributed by atoms with Crippen LogP contribution in [-0.2, 0) is 5.60 Å². The average molecular weight is 220 g/mol. The molecule has 0 aliphatic heterocycles. The van der Waals surface area contributed by atoms with E-state index in [9.17, 15) is 5.11 Å². The number of aliphatic hydroxyl groups is 1. The highest BCUT2D eigenvalue weighted by Crippen LogP contribution is 2.34. The molecular weight excluding hydrogens is 196 g/mol. The third-order valence-corrected chi connectivity index (χ3v) is 3.62. The second-order valence-electron chi connectivity index (χ2n) is 5.16. The molecule has 0 aliphatic carbocycles. The van der Waals surface area contributed by atoms with Gasteiger partial charge in [-0.25, -0.2) is 0 Å². The van der Waals surface area contributed by atoms with E-state index in [0.717, 1.165) is 18.4 Å². The molecule has 0 amide bonds. The van der Waals surface area contributed by atoms with Gasteiger partial charge in [-0.15, -0.1) is 0 Å². The summed E-state index contributed by atoms with van der Waals surface area (Å²) in [6.07, 6.45) is 2.17. The van der Waals surface area contributed by atoms with Crippen LogP contribution in [0.3, 0.4) is 0 Å². The zero-order valence-electron chi connectivity index (χ0n) is 11.2. The summed E-state index contributed by atoms with van der Waals surface area (Å²) in [5, 5.41) is 10.7. The summed E-state index contributed by atoms with van der Waals surface area (Å²) in [5.74, 6) is 0.290. The lowest BCUT2D eigenvalue weighted by Gasteiger charge is -2.32. The van der Waals surface area contributed by atoms with Crippen LogP contribution in [0.15, 0.2) is 18.2 Å². The molecule has 0 aromatic heterocycles. The molecule has 0 radical (unpaired) electrons. The van der Waals surface area contributed by atoms with Gasteiger partial charge in [-0.3, -0.25) is 0 Å². The molecule has 2 unspecified atom stereocenters. The third-order valence-electron chi connectivity index (χ3n) is 3.62. The van der Waals surface area contributed by atoms with E-state index in [-0.39, 0.29) is 5.92 Å². The summed E-state index contributed by atoms with van der Waals surface area (Å²) >= 11 is 0. The van der Waals surface area contributed by atoms with Crippen molar-refractivity contribution in [3.63, 3.8) is 0 Å². The number of hydrogen-bond donors (Lipinski definition) is 1. The highest BCUT2D eigenvalue weighted by atomic mass is 16.3. The van der Waals surface area contributed by atoms with Crippen molar-refractivity contribution in [3.05, 3.63) is 34.9 Å². The van der Waals surface area contributed by atoms with Gasteiger partial charge in [-0.05, 0) is 44.2 Å². The van der Waals surface area contributed by atoms with E-state index in [0.29, 0.717) is 0 Å². The lowest BCUT2D eigenvalue weighted by Crippen LogP contribution is -2.30. The fourth-order valence-corrected chi connectivity index (χ4v) is 2.26. The van der Waals surface area contributed by atoms with Crippen molar-refractivity contribution in [2.75, 3.05) is 0 Å². The van der Waals surface area contributed by atoms with Gasteiger partial charge in [0.15, 0.2) is 0 Å². The lowest BCUT2D eigenvalue weighted by atomic mass is 9.79. The van der Waals surface area contributed by atoms with Crippen molar-refractivity contribution in [1.29, 1.82) is 0 Å². The molecule has 0 fully saturated rings. The summed E-state index contributed by atoms with van der Waals surface area (Å²) in [5.41, 5.74) is 2.75. The van der Waals surface area contributed by atoms with Crippen molar-refractivity contribution in [1.82, 2.24) is 0 Å². The molecule has 0 bridgehead atoms. The maximum Gasteiger partial charge on any atom is 0.0896 e. The van der Waals surface area contributed by atoms with Gasteiger partial charge in [0.2, 0.25) is 0 Å². The largest absolute Gasteiger partial charge is 0.385 e. The van der Waals surface area contributed by atoms with E-state index >= 15 is 0 Å². The first kappa shape index (κ1) is 13.2. The fraction of sp³-hybridized carbons (Fsp3) is 0.600. The van der Waals surface area contributed by atoms with Crippen LogP contribution in [0.1, 0.15) is 50.3 Å². The average Bonchev–Trinajstić information content (AvgIpc) is 2.22. The molecule has 0 aliphatic rings. The van der Waals surface area contributed by atoms with Crippen LogP contribution >= 0.6 is 0 Å². The molecule has 16 heavy (non-hydrogen) atoms. The van der Waals surface area contributed by atoms with Gasteiger partial charge in [0.1, 0.15) is 0 Å². The van der Waals surface area contributed by atoms with Crippen LogP contribution in [0.5, 0.6) is 0 Å². The van der Waals surface area contributed by atoms with Crippen LogP contribution in [0.4, 0.5) is 0 Å². The van der Waals surface area contributed by atoms with Gasteiger partial charge in [0, 0.05) is 0 Å². The Balaban J connectivity index is 3.10. The SMILES string of the molecule is CCCC(C)C(C)(O)c1cc(C)ccc1C. The van der Waals surface area contributed by atoms with Crippen molar-refractivity contribution in [2.45, 2.75) is 53.1 Å². The summed E-state index contributed by atoms with van der Waals surface area (Å²) in [7, 11) is 0.